The molecule has 0 fully saturated rings. The minimum absolute atomic E-state index is 0.675. The molecule has 21 heavy (non-hydrogen) atoms. The van der Waals surface area contributed by atoms with Crippen LogP contribution < -0.4 is 0 Å². The van der Waals surface area contributed by atoms with Gasteiger partial charge in [0.05, 0.1) is 23.7 Å². The zero-order valence-electron chi connectivity index (χ0n) is 12.0. The summed E-state index contributed by atoms with van der Waals surface area (Å²) >= 11 is 1.62. The van der Waals surface area contributed by atoms with Crippen LogP contribution in [0.15, 0.2) is 46.4 Å². The summed E-state index contributed by atoms with van der Waals surface area (Å²) in [5.74, 6) is 2.29. The summed E-state index contributed by atoms with van der Waals surface area (Å²) in [6.07, 6.45) is 5.57. The molecule has 6 heteroatoms. The predicted molar refractivity (Wildman–Crippen MR) is 81.1 cm³/mol. The van der Waals surface area contributed by atoms with E-state index in [4.69, 9.17) is 4.42 Å². The molecule has 0 saturated carbocycles. The Kier molecular flexibility index (Phi) is 4.06. The minimum atomic E-state index is 0.675. The van der Waals surface area contributed by atoms with Gasteiger partial charge in [-0.25, -0.2) is 9.97 Å². The third kappa shape index (κ3) is 3.33. The molecule has 0 spiro atoms. The number of thioether (sulfide) groups is 1. The topological polar surface area (TPSA) is 56.7 Å². The van der Waals surface area contributed by atoms with E-state index >= 15 is 0 Å². The highest BCUT2D eigenvalue weighted by molar-refractivity contribution is 7.98. The molecule has 0 amide bonds. The van der Waals surface area contributed by atoms with Crippen LogP contribution in [0.5, 0.6) is 0 Å². The second-order valence-electron chi connectivity index (χ2n) is 4.70. The maximum absolute atomic E-state index is 5.59. The van der Waals surface area contributed by atoms with Gasteiger partial charge in [0.25, 0.3) is 0 Å². The van der Waals surface area contributed by atoms with Crippen LogP contribution in [0.4, 0.5) is 0 Å². The Labute approximate surface area is 127 Å². The van der Waals surface area contributed by atoms with Gasteiger partial charge in [-0.1, -0.05) is 17.8 Å². The minimum Gasteiger partial charge on any atom is -0.445 e. The molecule has 0 aliphatic rings. The Hall–Kier alpha value is -2.08. The van der Waals surface area contributed by atoms with Crippen molar-refractivity contribution in [1.82, 2.24) is 19.5 Å². The maximum atomic E-state index is 5.59. The van der Waals surface area contributed by atoms with Crippen molar-refractivity contribution in [2.75, 3.05) is 0 Å². The van der Waals surface area contributed by atoms with Gasteiger partial charge in [-0.2, -0.15) is 0 Å². The lowest BCUT2D eigenvalue weighted by atomic mass is 10.3. The molecular formula is C15H16N4OS. The highest BCUT2D eigenvalue weighted by Crippen LogP contribution is 2.22. The molecule has 3 aromatic heterocycles. The lowest BCUT2D eigenvalue weighted by Crippen LogP contribution is -2.02. The van der Waals surface area contributed by atoms with Crippen LogP contribution in [0, 0.1) is 13.8 Å². The van der Waals surface area contributed by atoms with E-state index in [-0.39, 0.29) is 0 Å². The molecule has 0 bridgehead atoms. The van der Waals surface area contributed by atoms with E-state index in [1.54, 1.807) is 24.2 Å². The fourth-order valence-electron chi connectivity index (χ4n) is 1.95. The summed E-state index contributed by atoms with van der Waals surface area (Å²) < 4.78 is 7.67. The molecule has 5 nitrogen and oxygen atoms in total. The largest absolute Gasteiger partial charge is 0.445 e. The molecular weight excluding hydrogens is 284 g/mol. The Morgan fingerprint density at radius 2 is 2.10 bits per heavy atom. The highest BCUT2D eigenvalue weighted by Gasteiger charge is 2.09. The first-order valence-corrected chi connectivity index (χ1v) is 7.67. The zero-order chi connectivity index (χ0) is 14.7. The van der Waals surface area contributed by atoms with E-state index in [2.05, 4.69) is 19.5 Å². The van der Waals surface area contributed by atoms with Crippen LogP contribution in [0.25, 0.3) is 0 Å². The standard InChI is InChI=1S/C15H16N4OS/c1-11-12(2)20-14(18-11)10-21-15-17-7-8-19(15)9-13-5-3-4-6-16-13/h3-8H,9-10H2,1-2H3. The molecule has 3 rings (SSSR count). The van der Waals surface area contributed by atoms with Crippen molar-refractivity contribution in [3.63, 3.8) is 0 Å². The summed E-state index contributed by atoms with van der Waals surface area (Å²) in [6, 6.07) is 5.92. The summed E-state index contributed by atoms with van der Waals surface area (Å²) in [7, 11) is 0. The van der Waals surface area contributed by atoms with Crippen LogP contribution in [0.3, 0.4) is 0 Å². The highest BCUT2D eigenvalue weighted by atomic mass is 32.2. The number of hydrogen-bond donors (Lipinski definition) is 0. The molecule has 0 saturated heterocycles. The molecule has 3 aromatic rings. The Bertz CT molecular complexity index is 701. The van der Waals surface area contributed by atoms with E-state index in [9.17, 15) is 0 Å². The van der Waals surface area contributed by atoms with Gasteiger partial charge < -0.3 is 8.98 Å². The van der Waals surface area contributed by atoms with Gasteiger partial charge >= 0.3 is 0 Å². The van der Waals surface area contributed by atoms with Crippen molar-refractivity contribution in [1.29, 1.82) is 0 Å². The zero-order valence-corrected chi connectivity index (χ0v) is 12.8. The number of rotatable bonds is 5. The van der Waals surface area contributed by atoms with Crippen molar-refractivity contribution in [3.05, 3.63) is 59.8 Å². The average molecular weight is 300 g/mol. The molecule has 0 atom stereocenters. The van der Waals surface area contributed by atoms with Crippen LogP contribution in [0.1, 0.15) is 23.0 Å². The molecule has 0 N–H and O–H groups in total. The summed E-state index contributed by atoms with van der Waals surface area (Å²) in [5.41, 5.74) is 1.96. The average Bonchev–Trinajstić information content (AvgIpc) is 3.05. The fraction of sp³-hybridized carbons (Fsp3) is 0.267. The molecule has 0 aliphatic carbocycles. The van der Waals surface area contributed by atoms with Crippen molar-refractivity contribution in [2.45, 2.75) is 31.3 Å². The van der Waals surface area contributed by atoms with E-state index in [1.807, 2.05) is 38.2 Å². The van der Waals surface area contributed by atoms with Gasteiger partial charge in [-0.3, -0.25) is 4.98 Å². The second kappa shape index (κ2) is 6.13. The van der Waals surface area contributed by atoms with E-state index in [1.165, 1.54) is 0 Å². The molecule has 0 radical (unpaired) electrons. The van der Waals surface area contributed by atoms with Crippen molar-refractivity contribution < 1.29 is 4.42 Å². The predicted octanol–water partition coefficient (Wildman–Crippen LogP) is 3.22. The number of oxazole rings is 1. The Balaban J connectivity index is 1.68. The Morgan fingerprint density at radius 1 is 1.19 bits per heavy atom. The molecule has 0 aromatic carbocycles. The van der Waals surface area contributed by atoms with Crippen molar-refractivity contribution >= 4 is 11.8 Å². The smallest absolute Gasteiger partial charge is 0.205 e. The Morgan fingerprint density at radius 3 is 2.81 bits per heavy atom. The van der Waals surface area contributed by atoms with Gasteiger partial charge in [-0.05, 0) is 26.0 Å². The van der Waals surface area contributed by atoms with E-state index in [0.29, 0.717) is 12.3 Å². The third-order valence-electron chi connectivity index (χ3n) is 3.13. The number of aromatic nitrogens is 4. The van der Waals surface area contributed by atoms with Crippen molar-refractivity contribution in [3.8, 4) is 0 Å². The first-order chi connectivity index (χ1) is 10.2. The van der Waals surface area contributed by atoms with E-state index in [0.717, 1.165) is 28.2 Å². The fourth-order valence-corrected chi connectivity index (χ4v) is 2.75. The lowest BCUT2D eigenvalue weighted by Gasteiger charge is -2.05. The van der Waals surface area contributed by atoms with Crippen LogP contribution in [-0.2, 0) is 12.3 Å². The van der Waals surface area contributed by atoms with Crippen LogP contribution in [-0.4, -0.2) is 19.5 Å². The number of nitrogens with zero attached hydrogens (tertiary/aromatic N) is 4. The van der Waals surface area contributed by atoms with Gasteiger partial charge in [-0.15, -0.1) is 0 Å². The molecule has 3 heterocycles. The van der Waals surface area contributed by atoms with Crippen LogP contribution in [0.2, 0.25) is 0 Å². The molecule has 0 unspecified atom stereocenters. The third-order valence-corrected chi connectivity index (χ3v) is 4.12. The van der Waals surface area contributed by atoms with Gasteiger partial charge in [0.15, 0.2) is 5.16 Å². The number of hydrogen-bond acceptors (Lipinski definition) is 5. The van der Waals surface area contributed by atoms with E-state index < -0.39 is 0 Å². The second-order valence-corrected chi connectivity index (χ2v) is 5.64. The molecule has 0 aliphatic heterocycles. The number of imidazole rings is 1. The summed E-state index contributed by atoms with van der Waals surface area (Å²) in [4.78, 5) is 13.1. The van der Waals surface area contributed by atoms with Crippen LogP contribution >= 0.6 is 11.8 Å². The summed E-state index contributed by atoms with van der Waals surface area (Å²) in [6.45, 7) is 4.60. The summed E-state index contributed by atoms with van der Waals surface area (Å²) in [5, 5.41) is 0.939. The monoisotopic (exact) mass is 300 g/mol. The maximum Gasteiger partial charge on any atom is 0.205 e. The van der Waals surface area contributed by atoms with Gasteiger partial charge in [0.1, 0.15) is 5.76 Å². The van der Waals surface area contributed by atoms with Gasteiger partial charge in [0.2, 0.25) is 5.89 Å². The van der Waals surface area contributed by atoms with Crippen molar-refractivity contribution in [2.24, 2.45) is 0 Å². The quantitative estimate of drug-likeness (QED) is 0.677. The first-order valence-electron chi connectivity index (χ1n) is 6.69. The number of pyridine rings is 1. The first kappa shape index (κ1) is 13.9. The SMILES string of the molecule is Cc1nc(CSc2nccn2Cc2ccccn2)oc1C. The normalized spacial score (nSPS) is 11.0. The lowest BCUT2D eigenvalue weighted by molar-refractivity contribution is 0.489. The number of aryl methyl sites for hydroxylation is 2. The molecule has 108 valence electrons. The van der Waals surface area contributed by atoms with Gasteiger partial charge in [0, 0.05) is 18.6 Å².